The first kappa shape index (κ1) is 17.8. The first-order valence-corrected chi connectivity index (χ1v) is 10.0. The average molecular weight is 349 g/mol. The molecule has 5 heteroatoms. The maximum Gasteiger partial charge on any atom is 0.236 e. The second-order valence-corrected chi connectivity index (χ2v) is 7.85. The van der Waals surface area contributed by atoms with Crippen molar-refractivity contribution in [1.82, 2.24) is 9.80 Å². The van der Waals surface area contributed by atoms with Gasteiger partial charge in [-0.1, -0.05) is 25.1 Å². The number of hydrogen-bond donors (Lipinski definition) is 0. The number of carbonyl (C=O) groups excluding carboxylic acids is 1. The molecule has 0 radical (unpaired) electrons. The zero-order valence-corrected chi connectivity index (χ0v) is 15.3. The van der Waals surface area contributed by atoms with Crippen molar-refractivity contribution in [3.05, 3.63) is 30.3 Å². The predicted molar refractivity (Wildman–Crippen MR) is 98.3 cm³/mol. The summed E-state index contributed by atoms with van der Waals surface area (Å²) < 4.78 is 5.66. The summed E-state index contributed by atoms with van der Waals surface area (Å²) in [5.41, 5.74) is 0. The molecule has 132 valence electrons. The molecule has 0 aliphatic carbocycles. The first-order chi connectivity index (χ1) is 11.7. The Morgan fingerprint density at radius 2 is 2.08 bits per heavy atom. The molecule has 0 bridgehead atoms. The summed E-state index contributed by atoms with van der Waals surface area (Å²) in [5.74, 6) is 2.11. The molecule has 0 saturated carbocycles. The van der Waals surface area contributed by atoms with Gasteiger partial charge < -0.3 is 9.64 Å². The summed E-state index contributed by atoms with van der Waals surface area (Å²) in [6.07, 6.45) is 2.40. The van der Waals surface area contributed by atoms with E-state index in [4.69, 9.17) is 4.74 Å². The van der Waals surface area contributed by atoms with Crippen LogP contribution in [0.5, 0.6) is 0 Å². The number of carbonyl (C=O) groups is 1. The lowest BCUT2D eigenvalue weighted by Crippen LogP contribution is -2.48. The Kier molecular flexibility index (Phi) is 6.58. The van der Waals surface area contributed by atoms with Crippen molar-refractivity contribution in [2.75, 3.05) is 45.1 Å². The highest BCUT2D eigenvalue weighted by Gasteiger charge is 2.28. The molecular weight excluding hydrogens is 320 g/mol. The lowest BCUT2D eigenvalue weighted by atomic mass is 10.2. The number of rotatable bonds is 6. The largest absolute Gasteiger partial charge is 0.375 e. The number of ether oxygens (including phenoxy) is 1. The SMILES string of the molecule is CC[C@@H]1CN(C(=O)CN2CC[C@H](CSc3ccccc3)C2)CCO1. The minimum atomic E-state index is 0.219. The number of thioether (sulfide) groups is 1. The molecule has 1 amide bonds. The van der Waals surface area contributed by atoms with Crippen molar-refractivity contribution in [3.8, 4) is 0 Å². The minimum Gasteiger partial charge on any atom is -0.375 e. The van der Waals surface area contributed by atoms with Gasteiger partial charge in [0, 0.05) is 30.3 Å². The van der Waals surface area contributed by atoms with Gasteiger partial charge in [0.1, 0.15) is 0 Å². The Morgan fingerprint density at radius 1 is 1.25 bits per heavy atom. The van der Waals surface area contributed by atoms with Crippen LogP contribution in [0.2, 0.25) is 0 Å². The van der Waals surface area contributed by atoms with Gasteiger partial charge in [0.05, 0.1) is 19.3 Å². The van der Waals surface area contributed by atoms with Crippen LogP contribution in [0.4, 0.5) is 0 Å². The second kappa shape index (κ2) is 8.88. The Labute approximate surface area is 149 Å². The van der Waals surface area contributed by atoms with Gasteiger partial charge in [0.2, 0.25) is 5.91 Å². The van der Waals surface area contributed by atoms with E-state index in [1.165, 1.54) is 11.3 Å². The van der Waals surface area contributed by atoms with Gasteiger partial charge in [0.25, 0.3) is 0 Å². The molecule has 1 aromatic rings. The van der Waals surface area contributed by atoms with Gasteiger partial charge in [-0.25, -0.2) is 0 Å². The number of nitrogens with zero attached hydrogens (tertiary/aromatic N) is 2. The lowest BCUT2D eigenvalue weighted by Gasteiger charge is -2.33. The van der Waals surface area contributed by atoms with Gasteiger partial charge in [-0.2, -0.15) is 0 Å². The van der Waals surface area contributed by atoms with Gasteiger partial charge >= 0.3 is 0 Å². The summed E-state index contributed by atoms with van der Waals surface area (Å²) in [7, 11) is 0. The van der Waals surface area contributed by atoms with Gasteiger partial charge in [-0.05, 0) is 37.4 Å². The van der Waals surface area contributed by atoms with Crippen molar-refractivity contribution in [3.63, 3.8) is 0 Å². The quantitative estimate of drug-likeness (QED) is 0.740. The van der Waals surface area contributed by atoms with E-state index in [0.717, 1.165) is 38.4 Å². The van der Waals surface area contributed by atoms with Gasteiger partial charge in [-0.3, -0.25) is 9.69 Å². The summed E-state index contributed by atoms with van der Waals surface area (Å²) in [6.45, 7) is 6.98. The van der Waals surface area contributed by atoms with E-state index in [1.807, 2.05) is 16.7 Å². The molecule has 2 aliphatic heterocycles. The number of morpholine rings is 1. The van der Waals surface area contributed by atoms with Crippen LogP contribution in [0.3, 0.4) is 0 Å². The zero-order valence-electron chi connectivity index (χ0n) is 14.5. The molecule has 2 atom stereocenters. The van der Waals surface area contributed by atoms with Crippen LogP contribution in [0, 0.1) is 5.92 Å². The molecule has 0 N–H and O–H groups in total. The molecule has 2 fully saturated rings. The fourth-order valence-electron chi connectivity index (χ4n) is 3.41. The van der Waals surface area contributed by atoms with E-state index in [2.05, 4.69) is 42.2 Å². The molecule has 1 aromatic carbocycles. The topological polar surface area (TPSA) is 32.8 Å². The summed E-state index contributed by atoms with van der Waals surface area (Å²) in [4.78, 5) is 18.2. The summed E-state index contributed by atoms with van der Waals surface area (Å²) in [6, 6.07) is 10.6. The third-order valence-corrected chi connectivity index (χ3v) is 6.15. The fourth-order valence-corrected chi connectivity index (χ4v) is 4.46. The number of likely N-dealkylation sites (tertiary alicyclic amines) is 1. The van der Waals surface area contributed by atoms with E-state index in [1.54, 1.807) is 0 Å². The molecule has 3 rings (SSSR count). The van der Waals surface area contributed by atoms with Crippen LogP contribution >= 0.6 is 11.8 Å². The Bertz CT molecular complexity index is 525. The van der Waals surface area contributed by atoms with Crippen LogP contribution in [-0.2, 0) is 9.53 Å². The Hall–Kier alpha value is -1.04. The number of amides is 1. The molecule has 4 nitrogen and oxygen atoms in total. The molecule has 2 aliphatic rings. The van der Waals surface area contributed by atoms with Crippen molar-refractivity contribution in [1.29, 1.82) is 0 Å². The van der Waals surface area contributed by atoms with Gasteiger partial charge in [-0.15, -0.1) is 11.8 Å². The van der Waals surface area contributed by atoms with Gasteiger partial charge in [0.15, 0.2) is 0 Å². The van der Waals surface area contributed by atoms with Crippen molar-refractivity contribution >= 4 is 17.7 Å². The Balaban J connectivity index is 1.40. The van der Waals surface area contributed by atoms with E-state index in [0.29, 0.717) is 19.1 Å². The maximum absolute atomic E-state index is 12.5. The van der Waals surface area contributed by atoms with Crippen LogP contribution in [0.25, 0.3) is 0 Å². The Morgan fingerprint density at radius 3 is 2.88 bits per heavy atom. The van der Waals surface area contributed by atoms with Crippen LogP contribution in [-0.4, -0.2) is 66.9 Å². The van der Waals surface area contributed by atoms with Crippen LogP contribution < -0.4 is 0 Å². The maximum atomic E-state index is 12.5. The third kappa shape index (κ3) is 4.98. The minimum absolute atomic E-state index is 0.219. The lowest BCUT2D eigenvalue weighted by molar-refractivity contribution is -0.139. The number of benzene rings is 1. The number of hydrogen-bond acceptors (Lipinski definition) is 4. The van der Waals surface area contributed by atoms with Crippen LogP contribution in [0.15, 0.2) is 35.2 Å². The molecule has 2 heterocycles. The normalized spacial score (nSPS) is 25.1. The molecule has 2 saturated heterocycles. The third-order valence-electron chi connectivity index (χ3n) is 4.90. The van der Waals surface area contributed by atoms with Crippen molar-refractivity contribution < 1.29 is 9.53 Å². The van der Waals surface area contributed by atoms with Crippen molar-refractivity contribution in [2.24, 2.45) is 5.92 Å². The van der Waals surface area contributed by atoms with E-state index in [-0.39, 0.29) is 12.0 Å². The highest BCUT2D eigenvalue weighted by Crippen LogP contribution is 2.25. The molecule has 0 aromatic heterocycles. The monoisotopic (exact) mass is 348 g/mol. The molecule has 24 heavy (non-hydrogen) atoms. The smallest absolute Gasteiger partial charge is 0.236 e. The second-order valence-electron chi connectivity index (χ2n) is 6.75. The highest BCUT2D eigenvalue weighted by atomic mass is 32.2. The molecule has 0 unspecified atom stereocenters. The summed E-state index contributed by atoms with van der Waals surface area (Å²) in [5, 5.41) is 0. The van der Waals surface area contributed by atoms with Crippen LogP contribution in [0.1, 0.15) is 19.8 Å². The molecule has 0 spiro atoms. The standard InChI is InChI=1S/C19H28N2O2S/c1-2-17-13-21(10-11-23-17)19(22)14-20-9-8-16(12-20)15-24-18-6-4-3-5-7-18/h3-7,16-17H,2,8-15H2,1H3/t16-,17+/m0/s1. The van der Waals surface area contributed by atoms with E-state index >= 15 is 0 Å². The summed E-state index contributed by atoms with van der Waals surface area (Å²) >= 11 is 1.93. The van der Waals surface area contributed by atoms with E-state index in [9.17, 15) is 4.79 Å². The zero-order chi connectivity index (χ0) is 16.8. The first-order valence-electron chi connectivity index (χ1n) is 9.04. The fraction of sp³-hybridized carbons (Fsp3) is 0.632. The van der Waals surface area contributed by atoms with Crippen molar-refractivity contribution in [2.45, 2.75) is 30.8 Å². The van der Waals surface area contributed by atoms with E-state index < -0.39 is 0 Å². The average Bonchev–Trinajstić information content (AvgIpc) is 3.08. The molecular formula is C19H28N2O2S. The highest BCUT2D eigenvalue weighted by molar-refractivity contribution is 7.99. The predicted octanol–water partition coefficient (Wildman–Crippen LogP) is 2.74.